The third-order valence-electron chi connectivity index (χ3n) is 5.94. The molecule has 4 rings (SSSR count). The van der Waals surface area contributed by atoms with Crippen LogP contribution in [0.5, 0.6) is 11.5 Å². The highest BCUT2D eigenvalue weighted by molar-refractivity contribution is 5.44. The lowest BCUT2D eigenvalue weighted by Crippen LogP contribution is -2.54. The Kier molecular flexibility index (Phi) is 5.43. The van der Waals surface area contributed by atoms with E-state index in [0.717, 1.165) is 43.7 Å². The monoisotopic (exact) mass is 446 g/mol. The summed E-state index contributed by atoms with van der Waals surface area (Å²) in [5, 5.41) is 10.0. The quantitative estimate of drug-likeness (QED) is 0.632. The SMILES string of the molecule is Oc1cc(C(F)(F)F)ccc1OC1C2CCCC1CN(c1ccc(C(F)(F)F)cn1)C2. The maximum absolute atomic E-state index is 12.8. The topological polar surface area (TPSA) is 45.6 Å². The van der Waals surface area contributed by atoms with Gasteiger partial charge in [0, 0.05) is 31.1 Å². The van der Waals surface area contributed by atoms with Gasteiger partial charge in [0.15, 0.2) is 11.5 Å². The average molecular weight is 446 g/mol. The highest BCUT2D eigenvalue weighted by Crippen LogP contribution is 2.42. The summed E-state index contributed by atoms with van der Waals surface area (Å²) in [5.74, 6) is -0.104. The number of aromatic hydroxyl groups is 1. The number of hydrogen-bond donors (Lipinski definition) is 1. The van der Waals surface area contributed by atoms with Gasteiger partial charge in [-0.2, -0.15) is 26.3 Å². The van der Waals surface area contributed by atoms with Crippen molar-refractivity contribution < 1.29 is 36.2 Å². The molecule has 4 nitrogen and oxygen atoms in total. The molecule has 31 heavy (non-hydrogen) atoms. The van der Waals surface area contributed by atoms with Crippen molar-refractivity contribution in [3.63, 3.8) is 0 Å². The zero-order valence-corrected chi connectivity index (χ0v) is 16.2. The van der Waals surface area contributed by atoms with Crippen LogP contribution in [0.2, 0.25) is 0 Å². The van der Waals surface area contributed by atoms with Gasteiger partial charge in [-0.1, -0.05) is 6.42 Å². The average Bonchev–Trinajstić information content (AvgIpc) is 2.68. The van der Waals surface area contributed by atoms with E-state index < -0.39 is 29.2 Å². The van der Waals surface area contributed by atoms with Crippen LogP contribution in [-0.2, 0) is 12.4 Å². The van der Waals surface area contributed by atoms with E-state index in [-0.39, 0.29) is 23.7 Å². The summed E-state index contributed by atoms with van der Waals surface area (Å²) in [4.78, 5) is 5.89. The van der Waals surface area contributed by atoms with E-state index in [0.29, 0.717) is 25.0 Å². The molecule has 2 unspecified atom stereocenters. The lowest BCUT2D eigenvalue weighted by molar-refractivity contribution is -0.138. The molecule has 1 aliphatic carbocycles. The van der Waals surface area contributed by atoms with E-state index in [1.165, 1.54) is 6.07 Å². The van der Waals surface area contributed by atoms with Gasteiger partial charge in [-0.3, -0.25) is 0 Å². The summed E-state index contributed by atoms with van der Waals surface area (Å²) >= 11 is 0. The van der Waals surface area contributed by atoms with E-state index in [1.54, 1.807) is 0 Å². The molecule has 2 fully saturated rings. The third-order valence-corrected chi connectivity index (χ3v) is 5.94. The Labute approximate surface area is 174 Å². The molecular formula is C21H20F6N2O2. The van der Waals surface area contributed by atoms with Crippen molar-refractivity contribution in [3.05, 3.63) is 47.7 Å². The Hall–Kier alpha value is -2.65. The third kappa shape index (κ3) is 4.52. The number of phenolic OH excluding ortho intramolecular Hbond substituents is 1. The molecule has 1 aromatic heterocycles. The van der Waals surface area contributed by atoms with Crippen LogP contribution in [0.4, 0.5) is 32.2 Å². The summed E-state index contributed by atoms with van der Waals surface area (Å²) in [6.07, 6.45) is -5.93. The number of alkyl halides is 6. The number of nitrogens with zero attached hydrogens (tertiary/aromatic N) is 2. The zero-order valence-electron chi connectivity index (χ0n) is 16.2. The lowest BCUT2D eigenvalue weighted by atomic mass is 9.75. The van der Waals surface area contributed by atoms with Crippen molar-refractivity contribution in [2.75, 3.05) is 18.0 Å². The Morgan fingerprint density at radius 2 is 1.52 bits per heavy atom. The van der Waals surface area contributed by atoms with Crippen molar-refractivity contribution >= 4 is 5.82 Å². The van der Waals surface area contributed by atoms with Crippen LogP contribution in [0.15, 0.2) is 36.5 Å². The van der Waals surface area contributed by atoms with Crippen LogP contribution in [0.25, 0.3) is 0 Å². The van der Waals surface area contributed by atoms with Gasteiger partial charge in [0.25, 0.3) is 0 Å². The predicted octanol–water partition coefficient (Wildman–Crippen LogP) is 5.51. The Morgan fingerprint density at radius 1 is 0.903 bits per heavy atom. The molecule has 1 N–H and O–H groups in total. The fourth-order valence-electron chi connectivity index (χ4n) is 4.45. The minimum absolute atomic E-state index is 0.00370. The molecule has 2 aromatic rings. The largest absolute Gasteiger partial charge is 0.504 e. The number of halogens is 6. The molecule has 2 aliphatic rings. The van der Waals surface area contributed by atoms with E-state index in [1.807, 2.05) is 4.90 Å². The molecule has 0 amide bonds. The highest BCUT2D eigenvalue weighted by atomic mass is 19.4. The van der Waals surface area contributed by atoms with Crippen molar-refractivity contribution in [1.82, 2.24) is 4.98 Å². The zero-order chi connectivity index (χ0) is 22.4. The van der Waals surface area contributed by atoms with Crippen LogP contribution in [0, 0.1) is 11.8 Å². The molecule has 1 saturated carbocycles. The minimum atomic E-state index is -4.56. The number of rotatable bonds is 3. The first-order valence-electron chi connectivity index (χ1n) is 9.87. The first-order chi connectivity index (χ1) is 14.5. The Morgan fingerprint density at radius 3 is 2.03 bits per heavy atom. The molecule has 2 heterocycles. The number of fused-ring (bicyclic) bond motifs is 2. The van der Waals surface area contributed by atoms with Crippen LogP contribution in [0.1, 0.15) is 30.4 Å². The summed E-state index contributed by atoms with van der Waals surface area (Å²) in [6.45, 7) is 1.00. The molecule has 1 saturated heterocycles. The smallest absolute Gasteiger partial charge is 0.417 e. The second-order valence-electron chi connectivity index (χ2n) is 8.02. The van der Waals surface area contributed by atoms with Gasteiger partial charge in [0.1, 0.15) is 11.9 Å². The standard InChI is InChI=1S/C21H20F6N2O2/c22-20(23,24)14-4-6-17(16(30)8-14)31-19-12-2-1-3-13(19)11-29(10-12)18-7-5-15(9-28-18)21(25,26)27/h4-9,12-13,19,30H,1-3,10-11H2. The molecule has 1 aromatic carbocycles. The normalized spacial score (nSPS) is 24.2. The van der Waals surface area contributed by atoms with Crippen molar-refractivity contribution in [3.8, 4) is 11.5 Å². The van der Waals surface area contributed by atoms with Crippen LogP contribution >= 0.6 is 0 Å². The second kappa shape index (κ2) is 7.80. The number of benzene rings is 1. The van der Waals surface area contributed by atoms with Crippen LogP contribution in [0.3, 0.4) is 0 Å². The first kappa shape index (κ1) is 21.6. The predicted molar refractivity (Wildman–Crippen MR) is 99.8 cm³/mol. The van der Waals surface area contributed by atoms with E-state index in [2.05, 4.69) is 4.98 Å². The van der Waals surface area contributed by atoms with E-state index in [4.69, 9.17) is 4.74 Å². The summed E-state index contributed by atoms with van der Waals surface area (Å²) in [7, 11) is 0. The number of pyridine rings is 1. The van der Waals surface area contributed by atoms with Crippen molar-refractivity contribution in [2.45, 2.75) is 37.7 Å². The van der Waals surface area contributed by atoms with Crippen LogP contribution in [-0.4, -0.2) is 29.3 Å². The Bertz CT molecular complexity index is 915. The fourth-order valence-corrected chi connectivity index (χ4v) is 4.45. The second-order valence-corrected chi connectivity index (χ2v) is 8.02. The molecule has 0 radical (unpaired) electrons. The Balaban J connectivity index is 1.49. The highest BCUT2D eigenvalue weighted by Gasteiger charge is 2.42. The first-order valence-corrected chi connectivity index (χ1v) is 9.87. The number of hydrogen-bond acceptors (Lipinski definition) is 4. The van der Waals surface area contributed by atoms with Gasteiger partial charge < -0.3 is 14.7 Å². The molecule has 1 aliphatic heterocycles. The minimum Gasteiger partial charge on any atom is -0.504 e. The molecular weight excluding hydrogens is 426 g/mol. The van der Waals surface area contributed by atoms with Gasteiger partial charge in [0.2, 0.25) is 0 Å². The van der Waals surface area contributed by atoms with Gasteiger partial charge in [-0.15, -0.1) is 0 Å². The summed E-state index contributed by atoms with van der Waals surface area (Å²) in [6, 6.07) is 4.98. The maximum atomic E-state index is 12.8. The lowest BCUT2D eigenvalue weighted by Gasteiger charge is -2.47. The molecule has 0 spiro atoms. The number of phenols is 1. The summed E-state index contributed by atoms with van der Waals surface area (Å²) in [5.41, 5.74) is -1.77. The van der Waals surface area contributed by atoms with Gasteiger partial charge in [-0.05, 0) is 43.2 Å². The van der Waals surface area contributed by atoms with Gasteiger partial charge in [0.05, 0.1) is 11.1 Å². The van der Waals surface area contributed by atoms with Crippen molar-refractivity contribution in [2.24, 2.45) is 11.8 Å². The summed E-state index contributed by atoms with van der Waals surface area (Å²) < 4.78 is 82.7. The molecule has 10 heteroatoms. The van der Waals surface area contributed by atoms with E-state index in [9.17, 15) is 31.4 Å². The van der Waals surface area contributed by atoms with Gasteiger partial charge in [-0.25, -0.2) is 4.98 Å². The number of aromatic nitrogens is 1. The number of piperidine rings is 1. The molecule has 168 valence electrons. The van der Waals surface area contributed by atoms with Crippen LogP contribution < -0.4 is 9.64 Å². The van der Waals surface area contributed by atoms with Crippen molar-refractivity contribution in [1.29, 1.82) is 0 Å². The number of ether oxygens (including phenoxy) is 1. The maximum Gasteiger partial charge on any atom is 0.417 e. The fraction of sp³-hybridized carbons (Fsp3) is 0.476. The molecule has 2 bridgehead atoms. The van der Waals surface area contributed by atoms with Gasteiger partial charge >= 0.3 is 12.4 Å². The van der Waals surface area contributed by atoms with E-state index >= 15 is 0 Å². The molecule has 2 atom stereocenters. The number of anilines is 1.